The summed E-state index contributed by atoms with van der Waals surface area (Å²) >= 11 is 0. The van der Waals surface area contributed by atoms with Crippen LogP contribution in [0, 0.1) is 10.1 Å². The van der Waals surface area contributed by atoms with Crippen LogP contribution in [0.25, 0.3) is 0 Å². The van der Waals surface area contributed by atoms with Crippen molar-refractivity contribution in [2.45, 2.75) is 45.8 Å². The lowest BCUT2D eigenvalue weighted by molar-refractivity contribution is -0.502. The lowest BCUT2D eigenvalue weighted by atomic mass is 10.2. The predicted octanol–water partition coefficient (Wildman–Crippen LogP) is 2.59. The molecule has 20 heavy (non-hydrogen) atoms. The minimum atomic E-state index is -3.81. The number of esters is 1. The number of hydrogen-bond donors (Lipinski definition) is 0. The average Bonchev–Trinajstić information content (AvgIpc) is 2.34. The van der Waals surface area contributed by atoms with Crippen molar-refractivity contribution < 1.29 is 28.1 Å². The molecule has 0 aromatic heterocycles. The SMILES string of the molecule is CCOC(=O)CCC[C@H]([N+](=O)[O-])P(=O)(OCC)OCC. The van der Waals surface area contributed by atoms with Crippen molar-refractivity contribution in [1.29, 1.82) is 0 Å². The molecule has 0 bridgehead atoms. The molecule has 0 fully saturated rings. The van der Waals surface area contributed by atoms with E-state index in [1.807, 2.05) is 0 Å². The van der Waals surface area contributed by atoms with Gasteiger partial charge < -0.3 is 13.8 Å². The van der Waals surface area contributed by atoms with Gasteiger partial charge in [-0.05, 0) is 27.2 Å². The standard InChI is InChI=1S/C11H22NO7P/c1-4-17-11(13)9-7-8-10(12(14)15)20(16,18-5-2)19-6-3/h10H,4-9H2,1-3H3/t10-/m1/s1. The molecule has 9 heteroatoms. The highest BCUT2D eigenvalue weighted by Crippen LogP contribution is 2.54. The van der Waals surface area contributed by atoms with Gasteiger partial charge in [0.2, 0.25) is 0 Å². The summed E-state index contributed by atoms with van der Waals surface area (Å²) in [6, 6.07) is 0. The first-order valence-corrected chi connectivity index (χ1v) is 8.20. The minimum absolute atomic E-state index is 0.0381. The van der Waals surface area contributed by atoms with Gasteiger partial charge in [0.25, 0.3) is 0 Å². The van der Waals surface area contributed by atoms with Gasteiger partial charge >= 0.3 is 19.3 Å². The molecule has 0 unspecified atom stereocenters. The van der Waals surface area contributed by atoms with Crippen LogP contribution in [0.4, 0.5) is 0 Å². The van der Waals surface area contributed by atoms with Gasteiger partial charge in [0, 0.05) is 17.8 Å². The zero-order valence-corrected chi connectivity index (χ0v) is 13.0. The summed E-state index contributed by atoms with van der Waals surface area (Å²) in [4.78, 5) is 21.6. The smallest absolute Gasteiger partial charge is 0.403 e. The molecule has 0 rings (SSSR count). The van der Waals surface area contributed by atoms with Gasteiger partial charge in [-0.1, -0.05) is 0 Å². The van der Waals surface area contributed by atoms with Crippen LogP contribution in [0.1, 0.15) is 40.0 Å². The number of hydrogen-bond acceptors (Lipinski definition) is 7. The second-order valence-electron chi connectivity index (χ2n) is 3.84. The zero-order valence-electron chi connectivity index (χ0n) is 12.1. The molecular formula is C11H22NO7P. The molecule has 0 saturated heterocycles. The highest BCUT2D eigenvalue weighted by atomic mass is 31.2. The van der Waals surface area contributed by atoms with Crippen molar-refractivity contribution >= 4 is 13.6 Å². The molecule has 0 heterocycles. The Hall–Kier alpha value is -0.980. The molecule has 0 aromatic carbocycles. The summed E-state index contributed by atoms with van der Waals surface area (Å²) in [5, 5.41) is 11.1. The number of ether oxygens (including phenoxy) is 1. The van der Waals surface area contributed by atoms with Crippen LogP contribution in [0.2, 0.25) is 0 Å². The normalized spacial score (nSPS) is 12.9. The first-order valence-electron chi connectivity index (χ1n) is 6.59. The van der Waals surface area contributed by atoms with Gasteiger partial charge in [-0.2, -0.15) is 0 Å². The maximum atomic E-state index is 12.4. The van der Waals surface area contributed by atoms with E-state index >= 15 is 0 Å². The molecule has 0 amide bonds. The predicted molar refractivity (Wildman–Crippen MR) is 72.1 cm³/mol. The molecule has 1 atom stereocenters. The molecule has 0 aliphatic rings. The Morgan fingerprint density at radius 3 is 2.15 bits per heavy atom. The third kappa shape index (κ3) is 6.45. The minimum Gasteiger partial charge on any atom is -0.466 e. The van der Waals surface area contributed by atoms with Gasteiger partial charge in [0.1, 0.15) is 0 Å². The summed E-state index contributed by atoms with van der Waals surface area (Å²) in [5.41, 5.74) is 0. The number of carbonyl (C=O) groups excluding carboxylic acids is 1. The van der Waals surface area contributed by atoms with Crippen molar-refractivity contribution in [3.05, 3.63) is 10.1 Å². The van der Waals surface area contributed by atoms with Crippen LogP contribution in [-0.2, 0) is 23.1 Å². The van der Waals surface area contributed by atoms with Gasteiger partial charge in [-0.3, -0.25) is 19.5 Å². The molecule has 0 spiro atoms. The Balaban J connectivity index is 4.65. The third-order valence-electron chi connectivity index (χ3n) is 2.38. The van der Waals surface area contributed by atoms with E-state index in [4.69, 9.17) is 13.8 Å². The highest BCUT2D eigenvalue weighted by molar-refractivity contribution is 7.54. The Kier molecular flexibility index (Phi) is 9.37. The number of carbonyl (C=O) groups is 1. The van der Waals surface area contributed by atoms with E-state index in [0.29, 0.717) is 0 Å². The Bertz CT molecular complexity index is 351. The second kappa shape index (κ2) is 9.85. The van der Waals surface area contributed by atoms with Crippen LogP contribution in [0.5, 0.6) is 0 Å². The quantitative estimate of drug-likeness (QED) is 0.250. The topological polar surface area (TPSA) is 105 Å². The maximum absolute atomic E-state index is 12.4. The molecule has 8 nitrogen and oxygen atoms in total. The Labute approximate surface area is 118 Å². The molecule has 0 aliphatic carbocycles. The summed E-state index contributed by atoms with van der Waals surface area (Å²) in [6.45, 7) is 5.21. The molecular weight excluding hydrogens is 289 g/mol. The van der Waals surface area contributed by atoms with Crippen LogP contribution < -0.4 is 0 Å². The lowest BCUT2D eigenvalue weighted by Gasteiger charge is -2.20. The summed E-state index contributed by atoms with van der Waals surface area (Å²) in [5.74, 6) is -1.89. The summed E-state index contributed by atoms with van der Waals surface area (Å²) < 4.78 is 27.0. The van der Waals surface area contributed by atoms with E-state index in [1.165, 1.54) is 0 Å². The Morgan fingerprint density at radius 1 is 1.20 bits per heavy atom. The zero-order chi connectivity index (χ0) is 15.6. The Morgan fingerprint density at radius 2 is 1.75 bits per heavy atom. The third-order valence-corrected chi connectivity index (χ3v) is 4.79. The maximum Gasteiger partial charge on any atom is 0.403 e. The fourth-order valence-electron chi connectivity index (χ4n) is 1.61. The summed E-state index contributed by atoms with van der Waals surface area (Å²) in [6.07, 6.45) is 0.161. The first-order chi connectivity index (χ1) is 9.41. The molecule has 118 valence electrons. The van der Waals surface area contributed by atoms with Crippen molar-refractivity contribution in [2.24, 2.45) is 0 Å². The second-order valence-corrected chi connectivity index (χ2v) is 6.03. The van der Waals surface area contributed by atoms with Crippen LogP contribution in [0.15, 0.2) is 0 Å². The molecule has 0 radical (unpaired) electrons. The van der Waals surface area contributed by atoms with Crippen LogP contribution in [0.3, 0.4) is 0 Å². The van der Waals surface area contributed by atoms with E-state index in [-0.39, 0.29) is 39.1 Å². The van der Waals surface area contributed by atoms with Crippen molar-refractivity contribution in [3.8, 4) is 0 Å². The van der Waals surface area contributed by atoms with Crippen molar-refractivity contribution in [1.82, 2.24) is 0 Å². The van der Waals surface area contributed by atoms with Crippen molar-refractivity contribution in [3.63, 3.8) is 0 Å². The number of nitrogens with zero attached hydrogens (tertiary/aromatic N) is 1. The summed E-state index contributed by atoms with van der Waals surface area (Å²) in [7, 11) is -3.81. The monoisotopic (exact) mass is 311 g/mol. The fourth-order valence-corrected chi connectivity index (χ4v) is 3.48. The molecule has 0 N–H and O–H groups in total. The van der Waals surface area contributed by atoms with E-state index in [9.17, 15) is 19.5 Å². The van der Waals surface area contributed by atoms with Gasteiger partial charge in [-0.15, -0.1) is 0 Å². The highest BCUT2D eigenvalue weighted by Gasteiger charge is 2.44. The van der Waals surface area contributed by atoms with Crippen LogP contribution in [-0.4, -0.2) is 36.5 Å². The lowest BCUT2D eigenvalue weighted by Crippen LogP contribution is -2.23. The van der Waals surface area contributed by atoms with E-state index in [1.54, 1.807) is 20.8 Å². The largest absolute Gasteiger partial charge is 0.466 e. The van der Waals surface area contributed by atoms with Crippen LogP contribution >= 0.6 is 7.60 Å². The van der Waals surface area contributed by atoms with Gasteiger partial charge in [0.05, 0.1) is 19.8 Å². The number of nitro groups is 1. The molecule has 0 aliphatic heterocycles. The van der Waals surface area contributed by atoms with Gasteiger partial charge in [-0.25, -0.2) is 0 Å². The first kappa shape index (κ1) is 19.0. The molecule has 0 aromatic rings. The fraction of sp³-hybridized carbons (Fsp3) is 0.909. The van der Waals surface area contributed by atoms with Gasteiger partial charge in [0.15, 0.2) is 0 Å². The number of rotatable bonds is 11. The van der Waals surface area contributed by atoms with E-state index < -0.39 is 24.3 Å². The molecule has 0 saturated carbocycles. The van der Waals surface area contributed by atoms with E-state index in [0.717, 1.165) is 0 Å². The van der Waals surface area contributed by atoms with E-state index in [2.05, 4.69) is 0 Å². The van der Waals surface area contributed by atoms with Crippen molar-refractivity contribution in [2.75, 3.05) is 19.8 Å². The average molecular weight is 311 g/mol.